The molecule has 0 aliphatic carbocycles. The number of hydrazine groups is 1. The van der Waals surface area contributed by atoms with Crippen LogP contribution in [0.15, 0.2) is 54.6 Å². The largest absolute Gasteiger partial charge is 0.485 e. The molecule has 9 nitrogen and oxygen atoms in total. The number of carbonyl (C=O) groups excluding carboxylic acids is 2. The van der Waals surface area contributed by atoms with E-state index in [0.29, 0.717) is 11.6 Å². The molecule has 0 fully saturated rings. The van der Waals surface area contributed by atoms with Gasteiger partial charge in [-0.05, 0) is 41.6 Å². The number of rotatable bonds is 6. The first-order valence-corrected chi connectivity index (χ1v) is 7.89. The van der Waals surface area contributed by atoms with Gasteiger partial charge < -0.3 is 4.74 Å². The van der Waals surface area contributed by atoms with Crippen LogP contribution in [-0.4, -0.2) is 32.0 Å². The van der Waals surface area contributed by atoms with E-state index < -0.39 is 17.6 Å². The van der Waals surface area contributed by atoms with E-state index >= 15 is 0 Å². The highest BCUT2D eigenvalue weighted by Crippen LogP contribution is 2.09. The number of tetrazole rings is 1. The molecule has 0 aliphatic heterocycles. The Kier molecular flexibility index (Phi) is 5.67. The fourth-order valence-corrected chi connectivity index (χ4v) is 2.03. The predicted molar refractivity (Wildman–Crippen MR) is 90.6 cm³/mol. The standard InChI is InChI=1S/C17H15FN6O3/c18-13-8-6-12(7-9-13)17(26)21-20-16(25)10-24-22-15(19-23-24)11-27-14-4-2-1-3-5-14/h1-9H,10-11H2,(H,20,25)(H,21,26). The van der Waals surface area contributed by atoms with Gasteiger partial charge in [-0.25, -0.2) is 4.39 Å². The summed E-state index contributed by atoms with van der Waals surface area (Å²) in [4.78, 5) is 24.7. The molecule has 0 bridgehead atoms. The van der Waals surface area contributed by atoms with Gasteiger partial charge in [-0.15, -0.1) is 10.2 Å². The molecule has 0 unspecified atom stereocenters. The number of ether oxygens (including phenoxy) is 1. The smallest absolute Gasteiger partial charge is 0.269 e. The van der Waals surface area contributed by atoms with Crippen LogP contribution >= 0.6 is 0 Å². The maximum absolute atomic E-state index is 12.8. The van der Waals surface area contributed by atoms with Crippen molar-refractivity contribution in [1.29, 1.82) is 0 Å². The van der Waals surface area contributed by atoms with Crippen molar-refractivity contribution in [2.24, 2.45) is 0 Å². The Bertz CT molecular complexity index is 914. The lowest BCUT2D eigenvalue weighted by molar-refractivity contribution is -0.122. The third-order valence-corrected chi connectivity index (χ3v) is 3.31. The van der Waals surface area contributed by atoms with Crippen LogP contribution in [0.25, 0.3) is 0 Å². The number of halogens is 1. The van der Waals surface area contributed by atoms with Crippen LogP contribution in [0.3, 0.4) is 0 Å². The molecular formula is C17H15FN6O3. The van der Waals surface area contributed by atoms with Crippen LogP contribution in [0.5, 0.6) is 5.75 Å². The molecule has 0 radical (unpaired) electrons. The van der Waals surface area contributed by atoms with Gasteiger partial charge >= 0.3 is 0 Å². The Balaban J connectivity index is 1.45. The number of nitrogens with zero attached hydrogens (tertiary/aromatic N) is 4. The molecule has 0 spiro atoms. The summed E-state index contributed by atoms with van der Waals surface area (Å²) < 4.78 is 18.3. The van der Waals surface area contributed by atoms with Crippen LogP contribution in [0.1, 0.15) is 16.2 Å². The van der Waals surface area contributed by atoms with Crippen LogP contribution in [-0.2, 0) is 17.9 Å². The quantitative estimate of drug-likeness (QED) is 0.623. The minimum absolute atomic E-state index is 0.104. The molecule has 1 heterocycles. The number of hydrogen-bond donors (Lipinski definition) is 2. The maximum Gasteiger partial charge on any atom is 0.269 e. The molecule has 0 aliphatic rings. The van der Waals surface area contributed by atoms with Crippen molar-refractivity contribution in [3.63, 3.8) is 0 Å². The molecule has 3 aromatic rings. The Morgan fingerprint density at radius 3 is 2.52 bits per heavy atom. The summed E-state index contributed by atoms with van der Waals surface area (Å²) in [5.74, 6) is -0.623. The number of hydrogen-bond acceptors (Lipinski definition) is 6. The number of carbonyl (C=O) groups is 2. The van der Waals surface area contributed by atoms with Crippen LogP contribution < -0.4 is 15.6 Å². The van der Waals surface area contributed by atoms with Gasteiger partial charge in [0.15, 0.2) is 6.61 Å². The minimum Gasteiger partial charge on any atom is -0.485 e. The van der Waals surface area contributed by atoms with E-state index in [1.165, 1.54) is 12.1 Å². The van der Waals surface area contributed by atoms with Crippen molar-refractivity contribution in [1.82, 2.24) is 31.1 Å². The molecule has 138 valence electrons. The molecular weight excluding hydrogens is 355 g/mol. The fourth-order valence-electron chi connectivity index (χ4n) is 2.03. The molecule has 0 saturated heterocycles. The van der Waals surface area contributed by atoms with Crippen LogP contribution in [0.4, 0.5) is 4.39 Å². The second-order valence-electron chi connectivity index (χ2n) is 5.35. The highest BCUT2D eigenvalue weighted by atomic mass is 19.1. The van der Waals surface area contributed by atoms with Crippen molar-refractivity contribution in [2.75, 3.05) is 0 Å². The van der Waals surface area contributed by atoms with E-state index in [2.05, 4.69) is 26.3 Å². The average molecular weight is 370 g/mol. The fraction of sp³-hybridized carbons (Fsp3) is 0.118. The maximum atomic E-state index is 12.8. The summed E-state index contributed by atoms with van der Waals surface area (Å²) in [5, 5.41) is 11.5. The summed E-state index contributed by atoms with van der Waals surface area (Å²) >= 11 is 0. The van der Waals surface area contributed by atoms with Gasteiger partial charge in [-0.3, -0.25) is 20.4 Å². The highest BCUT2D eigenvalue weighted by Gasteiger charge is 2.10. The Morgan fingerprint density at radius 1 is 1.04 bits per heavy atom. The molecule has 10 heteroatoms. The number of benzene rings is 2. The number of amides is 2. The summed E-state index contributed by atoms with van der Waals surface area (Å²) in [7, 11) is 0. The van der Waals surface area contributed by atoms with Crippen molar-refractivity contribution < 1.29 is 18.7 Å². The van der Waals surface area contributed by atoms with Crippen molar-refractivity contribution in [3.05, 3.63) is 71.8 Å². The SMILES string of the molecule is O=C(Cn1nnc(COc2ccccc2)n1)NNC(=O)c1ccc(F)cc1. The monoisotopic (exact) mass is 370 g/mol. The van der Waals surface area contributed by atoms with Gasteiger partial charge in [-0.2, -0.15) is 4.80 Å². The third kappa shape index (κ3) is 5.33. The summed E-state index contributed by atoms with van der Waals surface area (Å²) in [6, 6.07) is 14.0. The van der Waals surface area contributed by atoms with E-state index in [9.17, 15) is 14.0 Å². The Labute approximate surface area is 153 Å². The summed E-state index contributed by atoms with van der Waals surface area (Å²) in [6.45, 7) is -0.144. The topological polar surface area (TPSA) is 111 Å². The average Bonchev–Trinajstić information content (AvgIpc) is 3.13. The molecule has 2 amide bonds. The van der Waals surface area contributed by atoms with E-state index in [1.807, 2.05) is 18.2 Å². The van der Waals surface area contributed by atoms with E-state index in [-0.39, 0.29) is 18.7 Å². The number of aromatic nitrogens is 4. The van der Waals surface area contributed by atoms with Gasteiger partial charge in [-0.1, -0.05) is 18.2 Å². The molecule has 27 heavy (non-hydrogen) atoms. The zero-order valence-electron chi connectivity index (χ0n) is 14.0. The lowest BCUT2D eigenvalue weighted by Gasteiger charge is -2.06. The molecule has 3 rings (SSSR count). The predicted octanol–water partition coefficient (Wildman–Crippen LogP) is 0.852. The van der Waals surface area contributed by atoms with Gasteiger partial charge in [0, 0.05) is 5.56 Å². The van der Waals surface area contributed by atoms with Crippen molar-refractivity contribution in [2.45, 2.75) is 13.2 Å². The van der Waals surface area contributed by atoms with Gasteiger partial charge in [0.1, 0.15) is 18.1 Å². The third-order valence-electron chi connectivity index (χ3n) is 3.31. The van der Waals surface area contributed by atoms with Gasteiger partial charge in [0.2, 0.25) is 5.82 Å². The first kappa shape index (κ1) is 18.0. The summed E-state index contributed by atoms with van der Waals surface area (Å²) in [5.41, 5.74) is 4.64. The number of para-hydroxylation sites is 1. The molecule has 1 aromatic heterocycles. The van der Waals surface area contributed by atoms with Crippen molar-refractivity contribution >= 4 is 11.8 Å². The van der Waals surface area contributed by atoms with E-state index in [0.717, 1.165) is 16.9 Å². The second kappa shape index (κ2) is 8.52. The lowest BCUT2D eigenvalue weighted by atomic mass is 10.2. The molecule has 2 aromatic carbocycles. The normalized spacial score (nSPS) is 10.3. The van der Waals surface area contributed by atoms with Crippen molar-refractivity contribution in [3.8, 4) is 5.75 Å². The zero-order valence-corrected chi connectivity index (χ0v) is 14.0. The molecule has 2 N–H and O–H groups in total. The van der Waals surface area contributed by atoms with Crippen LogP contribution in [0.2, 0.25) is 0 Å². The number of nitrogens with one attached hydrogen (secondary N) is 2. The second-order valence-corrected chi connectivity index (χ2v) is 5.35. The minimum atomic E-state index is -0.577. The summed E-state index contributed by atoms with van der Waals surface area (Å²) in [6.07, 6.45) is 0. The first-order chi connectivity index (χ1) is 13.1. The highest BCUT2D eigenvalue weighted by molar-refractivity contribution is 5.95. The van der Waals surface area contributed by atoms with Crippen LogP contribution in [0, 0.1) is 5.82 Å². The zero-order chi connectivity index (χ0) is 19.1. The molecule has 0 atom stereocenters. The van der Waals surface area contributed by atoms with Gasteiger partial charge in [0.05, 0.1) is 0 Å². The Morgan fingerprint density at radius 2 is 1.78 bits per heavy atom. The first-order valence-electron chi connectivity index (χ1n) is 7.89. The van der Waals surface area contributed by atoms with Gasteiger partial charge in [0.25, 0.3) is 11.8 Å². The van der Waals surface area contributed by atoms with E-state index in [4.69, 9.17) is 4.74 Å². The lowest BCUT2D eigenvalue weighted by Crippen LogP contribution is -2.43. The molecule has 0 saturated carbocycles. The van der Waals surface area contributed by atoms with E-state index in [1.54, 1.807) is 12.1 Å². The Hall–Kier alpha value is -3.82.